The number of hydrogen-bond acceptors (Lipinski definition) is 7. The van der Waals surface area contributed by atoms with Crippen LogP contribution in [-0.4, -0.2) is 71.3 Å². The van der Waals surface area contributed by atoms with Gasteiger partial charge in [-0.3, -0.25) is 9.59 Å². The molecule has 1 aliphatic heterocycles. The molecule has 1 amide bonds. The van der Waals surface area contributed by atoms with E-state index in [0.29, 0.717) is 67.7 Å². The summed E-state index contributed by atoms with van der Waals surface area (Å²) in [7, 11) is 5.55. The Balaban J connectivity index is 1.80. The maximum Gasteiger partial charge on any atom is 0.251 e. The third-order valence-electron chi connectivity index (χ3n) is 6.62. The quantitative estimate of drug-likeness (QED) is 0.494. The molecular weight excluding hydrogens is 482 g/mol. The van der Waals surface area contributed by atoms with Gasteiger partial charge < -0.3 is 29.2 Å². The second-order valence-electron chi connectivity index (χ2n) is 9.43. The first-order chi connectivity index (χ1) is 17.7. The van der Waals surface area contributed by atoms with Crippen molar-refractivity contribution in [2.75, 3.05) is 70.3 Å². The largest absolute Gasteiger partial charge is 0.440 e. The van der Waals surface area contributed by atoms with Crippen molar-refractivity contribution in [1.29, 1.82) is 0 Å². The van der Waals surface area contributed by atoms with Crippen LogP contribution in [-0.2, 0) is 4.74 Å². The molecule has 1 saturated heterocycles. The zero-order valence-corrected chi connectivity index (χ0v) is 21.5. The van der Waals surface area contributed by atoms with E-state index >= 15 is 0 Å². The number of rotatable bonds is 8. The first-order valence-electron chi connectivity index (χ1n) is 12.2. The van der Waals surface area contributed by atoms with Crippen molar-refractivity contribution in [1.82, 2.24) is 10.2 Å². The van der Waals surface area contributed by atoms with Gasteiger partial charge in [-0.1, -0.05) is 0 Å². The lowest BCUT2D eigenvalue weighted by Gasteiger charge is -2.30. The van der Waals surface area contributed by atoms with E-state index in [-0.39, 0.29) is 16.7 Å². The van der Waals surface area contributed by atoms with Gasteiger partial charge in [0.1, 0.15) is 5.58 Å². The molecule has 0 aliphatic carbocycles. The predicted octanol–water partition coefficient (Wildman–Crippen LogP) is 3.40. The molecule has 0 bridgehead atoms. The number of nitrogens with one attached hydrogen (secondary N) is 1. The molecule has 1 aromatic heterocycles. The van der Waals surface area contributed by atoms with Gasteiger partial charge in [0.2, 0.25) is 0 Å². The number of halogens is 2. The zero-order chi connectivity index (χ0) is 26.7. The summed E-state index contributed by atoms with van der Waals surface area (Å²) < 4.78 is 39.2. The van der Waals surface area contributed by atoms with Crippen LogP contribution in [0.4, 0.5) is 20.4 Å². The van der Waals surface area contributed by atoms with Crippen LogP contribution in [0, 0.1) is 11.6 Å². The third kappa shape index (κ3) is 5.91. The van der Waals surface area contributed by atoms with E-state index in [1.165, 1.54) is 12.1 Å². The molecular formula is C27H32F2N4O4. The van der Waals surface area contributed by atoms with Crippen LogP contribution in [0.25, 0.3) is 11.0 Å². The molecule has 1 atom stereocenters. The second kappa shape index (κ2) is 11.3. The number of amides is 1. The molecule has 10 heteroatoms. The number of carbonyl (C=O) groups is 1. The zero-order valence-electron chi connectivity index (χ0n) is 21.5. The normalized spacial score (nSPS) is 14.7. The Morgan fingerprint density at radius 3 is 2.49 bits per heavy atom. The number of benzene rings is 2. The van der Waals surface area contributed by atoms with E-state index in [1.807, 2.05) is 30.8 Å². The molecule has 0 spiro atoms. The van der Waals surface area contributed by atoms with Gasteiger partial charge >= 0.3 is 0 Å². The lowest BCUT2D eigenvalue weighted by atomic mass is 9.99. The topological polar surface area (TPSA) is 78.3 Å². The van der Waals surface area contributed by atoms with Crippen molar-refractivity contribution in [3.63, 3.8) is 0 Å². The minimum atomic E-state index is -0.962. The summed E-state index contributed by atoms with van der Waals surface area (Å²) in [6.45, 7) is 5.17. The van der Waals surface area contributed by atoms with Crippen molar-refractivity contribution in [2.45, 2.75) is 13.0 Å². The molecule has 198 valence electrons. The SMILES string of the molecule is CC(c1cc(C(=O)NCCN(C)C)cc2c(=O)cc(N3CCOCC3)oc12)N(C)c1ccc(F)c(F)c1. The highest BCUT2D eigenvalue weighted by Crippen LogP contribution is 2.33. The molecule has 0 saturated carbocycles. The summed E-state index contributed by atoms with van der Waals surface area (Å²) >= 11 is 0. The van der Waals surface area contributed by atoms with Crippen LogP contribution >= 0.6 is 0 Å². The highest BCUT2D eigenvalue weighted by Gasteiger charge is 2.24. The fourth-order valence-corrected chi connectivity index (χ4v) is 4.28. The number of morpholine rings is 1. The summed E-state index contributed by atoms with van der Waals surface area (Å²) in [6.07, 6.45) is 0. The van der Waals surface area contributed by atoms with Gasteiger partial charge in [-0.2, -0.15) is 0 Å². The predicted molar refractivity (Wildman–Crippen MR) is 140 cm³/mol. The molecule has 4 rings (SSSR count). The summed E-state index contributed by atoms with van der Waals surface area (Å²) in [5.74, 6) is -1.79. The molecule has 2 heterocycles. The Kier molecular flexibility index (Phi) is 8.09. The van der Waals surface area contributed by atoms with E-state index < -0.39 is 17.7 Å². The third-order valence-corrected chi connectivity index (χ3v) is 6.62. The minimum absolute atomic E-state index is 0.269. The van der Waals surface area contributed by atoms with E-state index in [2.05, 4.69) is 5.32 Å². The Hall–Kier alpha value is -3.50. The second-order valence-corrected chi connectivity index (χ2v) is 9.43. The molecule has 3 aromatic rings. The number of likely N-dealkylation sites (N-methyl/N-ethyl adjacent to an activating group) is 1. The van der Waals surface area contributed by atoms with Gasteiger partial charge in [-0.15, -0.1) is 0 Å². The fraction of sp³-hybridized carbons (Fsp3) is 0.407. The van der Waals surface area contributed by atoms with Crippen LogP contribution in [0.2, 0.25) is 0 Å². The molecule has 1 aliphatic rings. The number of anilines is 2. The molecule has 1 fully saturated rings. The highest BCUT2D eigenvalue weighted by atomic mass is 19.2. The molecule has 1 N–H and O–H groups in total. The van der Waals surface area contributed by atoms with Crippen molar-refractivity contribution in [2.24, 2.45) is 0 Å². The average Bonchev–Trinajstić information content (AvgIpc) is 2.89. The van der Waals surface area contributed by atoms with E-state index in [4.69, 9.17) is 9.15 Å². The minimum Gasteiger partial charge on any atom is -0.440 e. The number of carbonyl (C=O) groups excluding carboxylic acids is 1. The number of hydrogen-bond donors (Lipinski definition) is 1. The first kappa shape index (κ1) is 26.6. The number of ether oxygens (including phenoxy) is 1. The highest BCUT2D eigenvalue weighted by molar-refractivity contribution is 5.99. The van der Waals surface area contributed by atoms with Gasteiger partial charge in [-0.05, 0) is 45.3 Å². The lowest BCUT2D eigenvalue weighted by Crippen LogP contribution is -2.36. The summed E-state index contributed by atoms with van der Waals surface area (Å²) in [5, 5.41) is 3.15. The van der Waals surface area contributed by atoms with E-state index in [9.17, 15) is 18.4 Å². The van der Waals surface area contributed by atoms with Gasteiger partial charge in [0.15, 0.2) is 22.9 Å². The molecule has 8 nitrogen and oxygen atoms in total. The summed E-state index contributed by atoms with van der Waals surface area (Å²) in [5.41, 5.74) is 1.41. The lowest BCUT2D eigenvalue weighted by molar-refractivity contribution is 0.0951. The monoisotopic (exact) mass is 514 g/mol. The van der Waals surface area contributed by atoms with Crippen LogP contribution in [0.3, 0.4) is 0 Å². The van der Waals surface area contributed by atoms with Crippen molar-refractivity contribution >= 4 is 28.4 Å². The smallest absolute Gasteiger partial charge is 0.251 e. The maximum atomic E-state index is 14.0. The standard InChI is InChI=1S/C27H32F2N4O4/c1-17(32(4)19-5-6-22(28)23(29)15-19)20-13-18(27(35)30-7-8-31(2)3)14-21-24(34)16-25(37-26(20)21)33-9-11-36-12-10-33/h5-6,13-17H,7-12H2,1-4H3,(H,30,35). The van der Waals surface area contributed by atoms with Crippen LogP contribution < -0.4 is 20.5 Å². The van der Waals surface area contributed by atoms with Gasteiger partial charge in [-0.25, -0.2) is 8.78 Å². The van der Waals surface area contributed by atoms with Crippen LogP contribution in [0.5, 0.6) is 0 Å². The molecule has 1 unspecified atom stereocenters. The van der Waals surface area contributed by atoms with E-state index in [1.54, 1.807) is 24.1 Å². The van der Waals surface area contributed by atoms with Crippen LogP contribution in [0.15, 0.2) is 45.6 Å². The number of nitrogens with zero attached hydrogens (tertiary/aromatic N) is 3. The molecule has 37 heavy (non-hydrogen) atoms. The van der Waals surface area contributed by atoms with Gasteiger partial charge in [0.25, 0.3) is 5.91 Å². The Morgan fingerprint density at radius 2 is 1.81 bits per heavy atom. The average molecular weight is 515 g/mol. The number of fused-ring (bicyclic) bond motifs is 1. The fourth-order valence-electron chi connectivity index (χ4n) is 4.28. The van der Waals surface area contributed by atoms with Gasteiger partial charge in [0.05, 0.1) is 24.6 Å². The maximum absolute atomic E-state index is 14.0. The van der Waals surface area contributed by atoms with Crippen LogP contribution in [0.1, 0.15) is 28.9 Å². The first-order valence-corrected chi connectivity index (χ1v) is 12.2. The van der Waals surface area contributed by atoms with Crippen molar-refractivity contribution < 1.29 is 22.7 Å². The van der Waals surface area contributed by atoms with Crippen molar-refractivity contribution in [3.05, 3.63) is 69.4 Å². The Bertz CT molecular complexity index is 1340. The Labute approximate surface area is 214 Å². The summed E-state index contributed by atoms with van der Waals surface area (Å²) in [6, 6.07) is 7.88. The Morgan fingerprint density at radius 1 is 1.08 bits per heavy atom. The molecule has 0 radical (unpaired) electrons. The van der Waals surface area contributed by atoms with E-state index in [0.717, 1.165) is 12.1 Å². The van der Waals surface area contributed by atoms with Crippen molar-refractivity contribution in [3.8, 4) is 0 Å². The van der Waals surface area contributed by atoms with Gasteiger partial charge in [0, 0.05) is 62.2 Å². The molecule has 2 aromatic carbocycles. The summed E-state index contributed by atoms with van der Waals surface area (Å²) in [4.78, 5) is 31.9.